The maximum absolute atomic E-state index is 12.7. The molecule has 1 aliphatic carbocycles. The van der Waals surface area contributed by atoms with Gasteiger partial charge in [-0.05, 0) is 56.7 Å². The van der Waals surface area contributed by atoms with E-state index in [2.05, 4.69) is 29.4 Å². The topological polar surface area (TPSA) is 106 Å². The first-order valence-corrected chi connectivity index (χ1v) is 12.1. The Kier molecular flexibility index (Phi) is 9.46. The smallest absolute Gasteiger partial charge is 0.323 e. The molecule has 2 N–H and O–H groups in total. The van der Waals surface area contributed by atoms with Crippen molar-refractivity contribution >= 4 is 17.3 Å². The van der Waals surface area contributed by atoms with E-state index in [1.807, 2.05) is 13.1 Å². The third-order valence-corrected chi connectivity index (χ3v) is 6.25. The highest BCUT2D eigenvalue weighted by atomic mass is 16.6. The molecule has 1 heterocycles. The molecule has 0 amide bonds. The lowest BCUT2D eigenvalue weighted by Gasteiger charge is -2.30. The number of carbonyl (C=O) groups is 1. The van der Waals surface area contributed by atoms with Crippen LogP contribution < -0.4 is 10.6 Å². The summed E-state index contributed by atoms with van der Waals surface area (Å²) in [5.41, 5.74) is 1.25. The Labute approximate surface area is 196 Å². The number of morpholine rings is 1. The van der Waals surface area contributed by atoms with Gasteiger partial charge in [-0.2, -0.15) is 0 Å². The number of esters is 1. The summed E-state index contributed by atoms with van der Waals surface area (Å²) >= 11 is 0. The molecule has 1 aromatic rings. The van der Waals surface area contributed by atoms with Crippen molar-refractivity contribution in [3.63, 3.8) is 0 Å². The van der Waals surface area contributed by atoms with Crippen molar-refractivity contribution in [2.24, 2.45) is 5.92 Å². The van der Waals surface area contributed by atoms with E-state index in [-0.39, 0.29) is 28.8 Å². The number of anilines is 1. The van der Waals surface area contributed by atoms with Crippen LogP contribution in [0.15, 0.2) is 18.2 Å². The Bertz CT molecular complexity index is 797. The van der Waals surface area contributed by atoms with Crippen molar-refractivity contribution in [2.45, 2.75) is 70.7 Å². The number of ether oxygens (including phenoxy) is 2. The van der Waals surface area contributed by atoms with Gasteiger partial charge in [0.2, 0.25) is 0 Å². The van der Waals surface area contributed by atoms with E-state index in [1.165, 1.54) is 0 Å². The van der Waals surface area contributed by atoms with Crippen LogP contribution in [0.25, 0.3) is 0 Å². The van der Waals surface area contributed by atoms with Gasteiger partial charge in [0.1, 0.15) is 17.8 Å². The van der Waals surface area contributed by atoms with Crippen LogP contribution >= 0.6 is 0 Å². The lowest BCUT2D eigenvalue weighted by atomic mass is 10.0. The summed E-state index contributed by atoms with van der Waals surface area (Å²) in [7, 11) is 2.04. The first kappa shape index (κ1) is 25.4. The van der Waals surface area contributed by atoms with Crippen LogP contribution in [0, 0.1) is 16.0 Å². The number of nitrogens with one attached hydrogen (secondary N) is 2. The normalized spacial score (nSPS) is 20.7. The minimum atomic E-state index is -0.428. The highest BCUT2D eigenvalue weighted by Crippen LogP contribution is 2.26. The zero-order valence-electron chi connectivity index (χ0n) is 20.0. The molecule has 0 bridgehead atoms. The number of rotatable bonds is 11. The van der Waals surface area contributed by atoms with Crippen molar-refractivity contribution in [1.82, 2.24) is 10.2 Å². The van der Waals surface area contributed by atoms with Crippen molar-refractivity contribution in [2.75, 3.05) is 38.6 Å². The molecule has 3 rings (SSSR count). The molecular formula is C24H38N4O5. The Morgan fingerprint density at radius 1 is 1.33 bits per heavy atom. The van der Waals surface area contributed by atoms with Crippen molar-refractivity contribution in [3.05, 3.63) is 33.9 Å². The third kappa shape index (κ3) is 7.94. The first-order chi connectivity index (χ1) is 15.8. The number of benzene rings is 1. The molecule has 2 aliphatic rings. The summed E-state index contributed by atoms with van der Waals surface area (Å²) in [6.45, 7) is 7.34. The fourth-order valence-electron chi connectivity index (χ4n) is 4.43. The second-order valence-electron chi connectivity index (χ2n) is 9.65. The third-order valence-electron chi connectivity index (χ3n) is 6.25. The summed E-state index contributed by atoms with van der Waals surface area (Å²) in [6.07, 6.45) is 4.75. The molecule has 9 nitrogen and oxygen atoms in total. The quantitative estimate of drug-likeness (QED) is 0.293. The Morgan fingerprint density at radius 2 is 2.09 bits per heavy atom. The number of nitrogens with zero attached hydrogens (tertiary/aromatic N) is 2. The Morgan fingerprint density at radius 3 is 2.76 bits per heavy atom. The van der Waals surface area contributed by atoms with Crippen molar-refractivity contribution in [3.8, 4) is 0 Å². The van der Waals surface area contributed by atoms with Crippen LogP contribution in [-0.4, -0.2) is 67.3 Å². The van der Waals surface area contributed by atoms with Gasteiger partial charge in [-0.25, -0.2) is 0 Å². The fourth-order valence-corrected chi connectivity index (χ4v) is 4.43. The molecule has 1 aromatic carbocycles. The summed E-state index contributed by atoms with van der Waals surface area (Å²) in [6, 6.07) is 4.72. The molecule has 33 heavy (non-hydrogen) atoms. The first-order valence-electron chi connectivity index (χ1n) is 12.1. The molecule has 0 radical (unpaired) electrons. The largest absolute Gasteiger partial charge is 0.461 e. The average molecular weight is 463 g/mol. The second-order valence-corrected chi connectivity index (χ2v) is 9.65. The Hall–Kier alpha value is -2.23. The molecule has 1 saturated carbocycles. The monoisotopic (exact) mass is 462 g/mol. The highest BCUT2D eigenvalue weighted by Gasteiger charge is 2.26. The SMILES string of the molecule is CC(C)C[C@H](NCc1ccc(NCC2CN(C)CCO2)c([N+](=O)[O-])c1)C(=O)OC1CCCC1. The van der Waals surface area contributed by atoms with E-state index in [9.17, 15) is 14.9 Å². The number of hydrogen-bond acceptors (Lipinski definition) is 8. The highest BCUT2D eigenvalue weighted by molar-refractivity contribution is 5.76. The van der Waals surface area contributed by atoms with E-state index >= 15 is 0 Å². The number of likely N-dealkylation sites (N-methyl/N-ethyl adjacent to an activating group) is 1. The molecular weight excluding hydrogens is 424 g/mol. The van der Waals surface area contributed by atoms with Gasteiger partial charge in [-0.1, -0.05) is 19.9 Å². The summed E-state index contributed by atoms with van der Waals surface area (Å²) in [5.74, 6) is 0.0985. The van der Waals surface area contributed by atoms with Crippen LogP contribution in [0.1, 0.15) is 51.5 Å². The van der Waals surface area contributed by atoms with Crippen LogP contribution in [0.2, 0.25) is 0 Å². The number of nitro benzene ring substituents is 1. The molecule has 1 unspecified atom stereocenters. The molecule has 1 saturated heterocycles. The predicted molar refractivity (Wildman–Crippen MR) is 127 cm³/mol. The summed E-state index contributed by atoms with van der Waals surface area (Å²) < 4.78 is 11.4. The van der Waals surface area contributed by atoms with E-state index in [0.29, 0.717) is 37.7 Å². The maximum atomic E-state index is 12.7. The van der Waals surface area contributed by atoms with Gasteiger partial charge in [-0.3, -0.25) is 14.9 Å². The predicted octanol–water partition coefficient (Wildman–Crippen LogP) is 3.33. The van der Waals surface area contributed by atoms with Gasteiger partial charge >= 0.3 is 5.97 Å². The molecule has 184 valence electrons. The van der Waals surface area contributed by atoms with Gasteiger partial charge in [-0.15, -0.1) is 0 Å². The number of nitro groups is 1. The number of hydrogen-bond donors (Lipinski definition) is 2. The van der Waals surface area contributed by atoms with E-state index in [4.69, 9.17) is 9.47 Å². The standard InChI is InChI=1S/C24H38N4O5/c1-17(2)12-22(24(29)33-19-6-4-5-7-19)25-14-18-8-9-21(23(13-18)28(30)31)26-15-20-16-27(3)10-11-32-20/h8-9,13,17,19-20,22,25-26H,4-7,10-12,14-16H2,1-3H3/t20?,22-/m0/s1. The van der Waals surface area contributed by atoms with E-state index in [0.717, 1.165) is 44.3 Å². The summed E-state index contributed by atoms with van der Waals surface area (Å²) in [5, 5.41) is 18.1. The molecule has 0 aromatic heterocycles. The van der Waals surface area contributed by atoms with Crippen LogP contribution in [0.3, 0.4) is 0 Å². The zero-order valence-corrected chi connectivity index (χ0v) is 20.0. The minimum Gasteiger partial charge on any atom is -0.461 e. The van der Waals surface area contributed by atoms with Crippen LogP contribution in [0.5, 0.6) is 0 Å². The van der Waals surface area contributed by atoms with Gasteiger partial charge in [0.05, 0.1) is 17.6 Å². The second kappa shape index (κ2) is 12.3. The van der Waals surface area contributed by atoms with Crippen LogP contribution in [-0.2, 0) is 20.8 Å². The Balaban J connectivity index is 1.60. The van der Waals surface area contributed by atoms with Gasteiger partial charge in [0, 0.05) is 32.2 Å². The summed E-state index contributed by atoms with van der Waals surface area (Å²) in [4.78, 5) is 26.2. The van der Waals surface area contributed by atoms with E-state index < -0.39 is 6.04 Å². The van der Waals surface area contributed by atoms with Gasteiger partial charge < -0.3 is 25.0 Å². The zero-order chi connectivity index (χ0) is 23.8. The molecule has 1 aliphatic heterocycles. The van der Waals surface area contributed by atoms with Crippen LogP contribution in [0.4, 0.5) is 11.4 Å². The van der Waals surface area contributed by atoms with Gasteiger partial charge in [0.15, 0.2) is 0 Å². The van der Waals surface area contributed by atoms with Gasteiger partial charge in [0.25, 0.3) is 5.69 Å². The molecule has 2 fully saturated rings. The minimum absolute atomic E-state index is 0.00707. The fraction of sp³-hybridized carbons (Fsp3) is 0.708. The molecule has 0 spiro atoms. The van der Waals surface area contributed by atoms with E-state index in [1.54, 1.807) is 12.1 Å². The number of carbonyl (C=O) groups excluding carboxylic acids is 1. The maximum Gasteiger partial charge on any atom is 0.323 e. The lowest BCUT2D eigenvalue weighted by Crippen LogP contribution is -2.43. The molecule has 9 heteroatoms. The van der Waals surface area contributed by atoms with Crippen molar-refractivity contribution in [1.29, 1.82) is 0 Å². The van der Waals surface area contributed by atoms with Crippen molar-refractivity contribution < 1.29 is 19.2 Å². The molecule has 2 atom stereocenters. The lowest BCUT2D eigenvalue weighted by molar-refractivity contribution is -0.384. The average Bonchev–Trinajstić information content (AvgIpc) is 3.28.